The van der Waals surface area contributed by atoms with Crippen molar-refractivity contribution in [3.8, 4) is 0 Å². The predicted molar refractivity (Wildman–Crippen MR) is 65.1 cm³/mol. The molecule has 0 radical (unpaired) electrons. The number of amides is 1. The molecule has 0 aromatic carbocycles. The van der Waals surface area contributed by atoms with Gasteiger partial charge in [0.15, 0.2) is 0 Å². The van der Waals surface area contributed by atoms with Gasteiger partial charge in [0.05, 0.1) is 13.2 Å². The fraction of sp³-hybridized carbons (Fsp3) is 0.667. The molecule has 0 aliphatic carbocycles. The van der Waals surface area contributed by atoms with Gasteiger partial charge < -0.3 is 14.8 Å². The highest BCUT2D eigenvalue weighted by atomic mass is 16.5. The number of ketones is 1. The number of hydrogen-bond donors (Lipinski definition) is 1. The number of rotatable bonds is 9. The molecular formula is C12H19NO6. The lowest BCUT2D eigenvalue weighted by molar-refractivity contribution is -0.145. The minimum Gasteiger partial charge on any atom is -0.466 e. The van der Waals surface area contributed by atoms with Crippen LogP contribution >= 0.6 is 0 Å². The van der Waals surface area contributed by atoms with Crippen molar-refractivity contribution in [1.82, 2.24) is 5.32 Å². The third-order valence-corrected chi connectivity index (χ3v) is 2.01. The van der Waals surface area contributed by atoms with Gasteiger partial charge >= 0.3 is 11.9 Å². The second-order valence-corrected chi connectivity index (χ2v) is 3.60. The predicted octanol–water partition coefficient (Wildman–Crippen LogP) is -0.0318. The first-order valence-electron chi connectivity index (χ1n) is 6.09. The average molecular weight is 273 g/mol. The Morgan fingerprint density at radius 3 is 2.05 bits per heavy atom. The molecule has 0 aromatic rings. The average Bonchev–Trinajstić information content (AvgIpc) is 2.34. The molecule has 0 bridgehead atoms. The summed E-state index contributed by atoms with van der Waals surface area (Å²) in [6.45, 7) is 3.54. The summed E-state index contributed by atoms with van der Waals surface area (Å²) in [5, 5.41) is 2.32. The van der Waals surface area contributed by atoms with Crippen LogP contribution in [0.25, 0.3) is 0 Å². The van der Waals surface area contributed by atoms with E-state index in [-0.39, 0.29) is 44.8 Å². The molecule has 0 fully saturated rings. The zero-order valence-corrected chi connectivity index (χ0v) is 11.2. The SMILES string of the molecule is CCOC(=O)CNC(=O)CCC(=O)CC(=O)OCC. The van der Waals surface area contributed by atoms with Crippen LogP contribution in [0.2, 0.25) is 0 Å². The topological polar surface area (TPSA) is 98.8 Å². The summed E-state index contributed by atoms with van der Waals surface area (Å²) in [5.41, 5.74) is 0. The molecule has 0 aliphatic heterocycles. The number of carbonyl (C=O) groups excluding carboxylic acids is 4. The van der Waals surface area contributed by atoms with Gasteiger partial charge in [0, 0.05) is 12.8 Å². The van der Waals surface area contributed by atoms with Gasteiger partial charge in [-0.25, -0.2) is 0 Å². The van der Waals surface area contributed by atoms with Gasteiger partial charge in [-0.1, -0.05) is 0 Å². The molecule has 0 saturated heterocycles. The summed E-state index contributed by atoms with van der Waals surface area (Å²) in [6.07, 6.45) is -0.468. The first-order valence-corrected chi connectivity index (χ1v) is 6.09. The van der Waals surface area contributed by atoms with Crippen molar-refractivity contribution in [2.45, 2.75) is 33.1 Å². The van der Waals surface area contributed by atoms with E-state index in [1.165, 1.54) is 0 Å². The van der Waals surface area contributed by atoms with Crippen molar-refractivity contribution in [2.24, 2.45) is 0 Å². The lowest BCUT2D eigenvalue weighted by Gasteiger charge is -2.04. The number of ether oxygens (including phenoxy) is 2. The highest BCUT2D eigenvalue weighted by Gasteiger charge is 2.13. The van der Waals surface area contributed by atoms with Crippen LogP contribution in [0.15, 0.2) is 0 Å². The Labute approximate surface area is 111 Å². The van der Waals surface area contributed by atoms with Crippen LogP contribution in [0, 0.1) is 0 Å². The van der Waals surface area contributed by atoms with Crippen molar-refractivity contribution in [2.75, 3.05) is 19.8 Å². The number of nitrogens with one attached hydrogen (secondary N) is 1. The lowest BCUT2D eigenvalue weighted by atomic mass is 10.1. The minimum atomic E-state index is -0.598. The van der Waals surface area contributed by atoms with Crippen molar-refractivity contribution in [3.05, 3.63) is 0 Å². The molecule has 19 heavy (non-hydrogen) atoms. The Bertz CT molecular complexity index is 339. The molecule has 0 unspecified atom stereocenters. The van der Waals surface area contributed by atoms with Gasteiger partial charge in [-0.15, -0.1) is 0 Å². The van der Waals surface area contributed by atoms with Crippen LogP contribution in [0.4, 0.5) is 0 Å². The van der Waals surface area contributed by atoms with Crippen LogP contribution in [0.1, 0.15) is 33.1 Å². The molecule has 0 heterocycles. The summed E-state index contributed by atoms with van der Waals surface area (Å²) in [4.78, 5) is 44.5. The van der Waals surface area contributed by atoms with E-state index in [1.54, 1.807) is 13.8 Å². The highest BCUT2D eigenvalue weighted by molar-refractivity contribution is 5.97. The van der Waals surface area contributed by atoms with Crippen LogP contribution < -0.4 is 5.32 Å². The maximum Gasteiger partial charge on any atom is 0.325 e. The lowest BCUT2D eigenvalue weighted by Crippen LogP contribution is -2.30. The molecule has 0 rings (SSSR count). The van der Waals surface area contributed by atoms with Gasteiger partial charge in [0.25, 0.3) is 0 Å². The van der Waals surface area contributed by atoms with E-state index in [2.05, 4.69) is 14.8 Å². The number of hydrogen-bond acceptors (Lipinski definition) is 6. The Hall–Kier alpha value is -1.92. The fourth-order valence-electron chi connectivity index (χ4n) is 1.19. The second kappa shape index (κ2) is 10.0. The first kappa shape index (κ1) is 17.1. The molecule has 0 spiro atoms. The molecule has 0 saturated carbocycles. The molecule has 0 atom stereocenters. The number of esters is 2. The Balaban J connectivity index is 3.75. The van der Waals surface area contributed by atoms with E-state index in [1.807, 2.05) is 0 Å². The van der Waals surface area contributed by atoms with Crippen molar-refractivity contribution in [1.29, 1.82) is 0 Å². The second-order valence-electron chi connectivity index (χ2n) is 3.60. The van der Waals surface area contributed by atoms with Crippen molar-refractivity contribution >= 4 is 23.6 Å². The minimum absolute atomic E-state index is 0.0620. The number of Topliss-reactive ketones (excluding diaryl/α,β-unsaturated/α-hetero) is 1. The standard InChI is InChI=1S/C12H19NO6/c1-3-18-11(16)7-9(14)5-6-10(15)13-8-12(17)19-4-2/h3-8H2,1-2H3,(H,13,15). The highest BCUT2D eigenvalue weighted by Crippen LogP contribution is 1.97. The summed E-state index contributed by atoms with van der Waals surface area (Å²) in [6, 6.07) is 0. The summed E-state index contributed by atoms with van der Waals surface area (Å²) in [5.74, 6) is -1.94. The van der Waals surface area contributed by atoms with Crippen molar-refractivity contribution < 1.29 is 28.7 Å². The van der Waals surface area contributed by atoms with E-state index in [0.717, 1.165) is 0 Å². The molecule has 1 N–H and O–H groups in total. The van der Waals surface area contributed by atoms with Crippen LogP contribution in [0.5, 0.6) is 0 Å². The fourth-order valence-corrected chi connectivity index (χ4v) is 1.19. The third kappa shape index (κ3) is 9.75. The Kier molecular flexibility index (Phi) is 9.03. The normalized spacial score (nSPS) is 9.58. The van der Waals surface area contributed by atoms with Gasteiger partial charge in [-0.2, -0.15) is 0 Å². The number of carbonyl (C=O) groups is 4. The molecule has 108 valence electrons. The molecule has 1 amide bonds. The molecule has 7 nitrogen and oxygen atoms in total. The molecule has 0 aliphatic rings. The van der Waals surface area contributed by atoms with E-state index in [0.29, 0.717) is 0 Å². The quantitative estimate of drug-likeness (QED) is 0.468. The third-order valence-electron chi connectivity index (χ3n) is 2.01. The van der Waals surface area contributed by atoms with E-state index >= 15 is 0 Å². The van der Waals surface area contributed by atoms with E-state index in [9.17, 15) is 19.2 Å². The van der Waals surface area contributed by atoms with Gasteiger partial charge in [-0.3, -0.25) is 19.2 Å². The Morgan fingerprint density at radius 1 is 0.895 bits per heavy atom. The maximum absolute atomic E-state index is 11.3. The van der Waals surface area contributed by atoms with Crippen LogP contribution in [-0.4, -0.2) is 43.4 Å². The summed E-state index contributed by atoms with van der Waals surface area (Å²) < 4.78 is 9.22. The van der Waals surface area contributed by atoms with Crippen molar-refractivity contribution in [3.63, 3.8) is 0 Å². The van der Waals surface area contributed by atoms with Crippen LogP contribution in [-0.2, 0) is 28.7 Å². The molecule has 0 aromatic heterocycles. The Morgan fingerprint density at radius 2 is 1.47 bits per heavy atom. The maximum atomic E-state index is 11.3. The van der Waals surface area contributed by atoms with E-state index < -0.39 is 17.8 Å². The smallest absolute Gasteiger partial charge is 0.325 e. The largest absolute Gasteiger partial charge is 0.466 e. The summed E-state index contributed by atoms with van der Waals surface area (Å²) in [7, 11) is 0. The molecular weight excluding hydrogens is 254 g/mol. The monoisotopic (exact) mass is 273 g/mol. The van der Waals surface area contributed by atoms with Crippen LogP contribution in [0.3, 0.4) is 0 Å². The molecule has 7 heteroatoms. The van der Waals surface area contributed by atoms with Gasteiger partial charge in [0.1, 0.15) is 18.7 Å². The first-order chi connectivity index (χ1) is 8.99. The van der Waals surface area contributed by atoms with Gasteiger partial charge in [-0.05, 0) is 13.8 Å². The zero-order valence-electron chi connectivity index (χ0n) is 11.2. The van der Waals surface area contributed by atoms with Gasteiger partial charge in [0.2, 0.25) is 5.91 Å². The zero-order chi connectivity index (χ0) is 14.7. The summed E-state index contributed by atoms with van der Waals surface area (Å²) >= 11 is 0. The van der Waals surface area contributed by atoms with E-state index in [4.69, 9.17) is 0 Å².